The Balaban J connectivity index is 2.46. The van der Waals surface area contributed by atoms with Crippen LogP contribution in [0.5, 0.6) is 6.01 Å². The standard InChI is InChI=1S/C7H8ClN3O3/c8-4-1-10-7(11-2-4)14-3-5(9)6(12)13/h1-2,5H,3,9H2,(H,12,13). The number of hydrogen-bond donors (Lipinski definition) is 2. The largest absolute Gasteiger partial charge is 0.480 e. The van der Waals surface area contributed by atoms with E-state index in [9.17, 15) is 4.79 Å². The predicted molar refractivity (Wildman–Crippen MR) is 48.1 cm³/mol. The molecule has 0 aliphatic rings. The van der Waals surface area contributed by atoms with Gasteiger partial charge < -0.3 is 15.6 Å². The molecule has 0 amide bonds. The molecule has 0 spiro atoms. The van der Waals surface area contributed by atoms with Crippen LogP contribution in [0.2, 0.25) is 5.02 Å². The number of carboxylic acid groups (broad SMARTS) is 1. The number of hydrogen-bond acceptors (Lipinski definition) is 5. The van der Waals surface area contributed by atoms with E-state index in [1.165, 1.54) is 12.4 Å². The van der Waals surface area contributed by atoms with Crippen LogP contribution < -0.4 is 10.5 Å². The van der Waals surface area contributed by atoms with E-state index in [0.29, 0.717) is 5.02 Å². The lowest BCUT2D eigenvalue weighted by molar-refractivity contribution is -0.139. The third kappa shape index (κ3) is 3.15. The SMILES string of the molecule is NC(COc1ncc(Cl)cn1)C(=O)O. The van der Waals surface area contributed by atoms with Crippen molar-refractivity contribution in [2.45, 2.75) is 6.04 Å². The van der Waals surface area contributed by atoms with Crippen molar-refractivity contribution in [2.75, 3.05) is 6.61 Å². The van der Waals surface area contributed by atoms with Gasteiger partial charge in [0.25, 0.3) is 0 Å². The molecule has 0 radical (unpaired) electrons. The topological polar surface area (TPSA) is 98.3 Å². The molecule has 0 saturated heterocycles. The molecule has 0 aliphatic carbocycles. The fourth-order valence-electron chi connectivity index (χ4n) is 0.611. The maximum Gasteiger partial charge on any atom is 0.324 e. The average molecular weight is 218 g/mol. The van der Waals surface area contributed by atoms with Gasteiger partial charge in [-0.05, 0) is 0 Å². The normalized spacial score (nSPS) is 12.1. The van der Waals surface area contributed by atoms with Crippen molar-refractivity contribution in [2.24, 2.45) is 5.73 Å². The van der Waals surface area contributed by atoms with Gasteiger partial charge in [0.2, 0.25) is 0 Å². The minimum atomic E-state index is -1.14. The van der Waals surface area contributed by atoms with Crippen LogP contribution >= 0.6 is 11.6 Å². The molecule has 1 rings (SSSR count). The van der Waals surface area contributed by atoms with E-state index >= 15 is 0 Å². The first-order chi connectivity index (χ1) is 6.59. The minimum Gasteiger partial charge on any atom is -0.480 e. The van der Waals surface area contributed by atoms with Gasteiger partial charge in [-0.25, -0.2) is 9.97 Å². The highest BCUT2D eigenvalue weighted by Crippen LogP contribution is 2.06. The molecule has 1 atom stereocenters. The smallest absolute Gasteiger partial charge is 0.324 e. The molecule has 3 N–H and O–H groups in total. The van der Waals surface area contributed by atoms with Crippen LogP contribution in [-0.2, 0) is 4.79 Å². The summed E-state index contributed by atoms with van der Waals surface area (Å²) in [7, 11) is 0. The van der Waals surface area contributed by atoms with E-state index in [2.05, 4.69) is 9.97 Å². The maximum atomic E-state index is 10.3. The van der Waals surface area contributed by atoms with E-state index < -0.39 is 12.0 Å². The van der Waals surface area contributed by atoms with Gasteiger partial charge in [0, 0.05) is 0 Å². The predicted octanol–water partition coefficient (Wildman–Crippen LogP) is -0.0793. The Hall–Kier alpha value is -1.40. The van der Waals surface area contributed by atoms with Crippen LogP contribution in [0.3, 0.4) is 0 Å². The number of ether oxygens (including phenoxy) is 1. The fourth-order valence-corrected chi connectivity index (χ4v) is 0.708. The van der Waals surface area contributed by atoms with E-state index in [4.69, 9.17) is 27.2 Å². The van der Waals surface area contributed by atoms with Gasteiger partial charge in [-0.2, -0.15) is 0 Å². The Labute approximate surface area is 84.7 Å². The molecule has 0 aromatic carbocycles. The number of halogens is 1. The van der Waals surface area contributed by atoms with Crippen molar-refractivity contribution in [3.63, 3.8) is 0 Å². The summed E-state index contributed by atoms with van der Waals surface area (Å²) in [6.07, 6.45) is 2.69. The number of aliphatic carboxylic acids is 1. The Kier molecular flexibility index (Phi) is 3.61. The summed E-state index contributed by atoms with van der Waals surface area (Å²) in [5.41, 5.74) is 5.19. The zero-order valence-electron chi connectivity index (χ0n) is 7.05. The summed E-state index contributed by atoms with van der Waals surface area (Å²) in [4.78, 5) is 17.7. The summed E-state index contributed by atoms with van der Waals surface area (Å²) in [6, 6.07) is -1.04. The molecule has 0 aliphatic heterocycles. The van der Waals surface area contributed by atoms with Crippen molar-refractivity contribution in [3.8, 4) is 6.01 Å². The molecule has 1 aromatic heterocycles. The third-order valence-corrected chi connectivity index (χ3v) is 1.50. The highest BCUT2D eigenvalue weighted by molar-refractivity contribution is 6.30. The molecule has 14 heavy (non-hydrogen) atoms. The number of aromatic nitrogens is 2. The molecule has 1 aromatic rings. The van der Waals surface area contributed by atoms with Gasteiger partial charge in [0.15, 0.2) is 0 Å². The van der Waals surface area contributed by atoms with Crippen LogP contribution in [0.4, 0.5) is 0 Å². The van der Waals surface area contributed by atoms with Crippen LogP contribution in [0.1, 0.15) is 0 Å². The second-order valence-electron chi connectivity index (χ2n) is 2.44. The molecule has 0 saturated carbocycles. The highest BCUT2D eigenvalue weighted by atomic mass is 35.5. The molecule has 0 bridgehead atoms. The van der Waals surface area contributed by atoms with E-state index in [1.807, 2.05) is 0 Å². The van der Waals surface area contributed by atoms with Gasteiger partial charge in [-0.1, -0.05) is 11.6 Å². The molecule has 76 valence electrons. The van der Waals surface area contributed by atoms with E-state index in [-0.39, 0.29) is 12.6 Å². The monoisotopic (exact) mass is 217 g/mol. The lowest BCUT2D eigenvalue weighted by Crippen LogP contribution is -2.36. The number of nitrogens with two attached hydrogens (primary N) is 1. The van der Waals surface area contributed by atoms with E-state index in [0.717, 1.165) is 0 Å². The zero-order chi connectivity index (χ0) is 10.6. The van der Waals surface area contributed by atoms with Crippen LogP contribution in [-0.4, -0.2) is 33.7 Å². The quantitative estimate of drug-likeness (QED) is 0.732. The van der Waals surface area contributed by atoms with Crippen molar-refractivity contribution in [1.29, 1.82) is 0 Å². The number of nitrogens with zero attached hydrogens (tertiary/aromatic N) is 2. The molecular formula is C7H8ClN3O3. The summed E-state index contributed by atoms with van der Waals surface area (Å²) in [6.45, 7) is -0.184. The fraction of sp³-hybridized carbons (Fsp3) is 0.286. The van der Waals surface area contributed by atoms with Gasteiger partial charge in [0.05, 0.1) is 17.4 Å². The van der Waals surface area contributed by atoms with Crippen molar-refractivity contribution in [1.82, 2.24) is 9.97 Å². The van der Waals surface area contributed by atoms with Gasteiger partial charge in [0.1, 0.15) is 12.6 Å². The molecule has 7 heteroatoms. The second-order valence-corrected chi connectivity index (χ2v) is 2.88. The van der Waals surface area contributed by atoms with Crippen LogP contribution in [0.15, 0.2) is 12.4 Å². The zero-order valence-corrected chi connectivity index (χ0v) is 7.81. The van der Waals surface area contributed by atoms with Crippen LogP contribution in [0.25, 0.3) is 0 Å². The number of carboxylic acids is 1. The summed E-state index contributed by atoms with van der Waals surface area (Å²) in [5.74, 6) is -1.14. The average Bonchev–Trinajstić information content (AvgIpc) is 2.16. The molecular weight excluding hydrogens is 210 g/mol. The molecule has 0 fully saturated rings. The van der Waals surface area contributed by atoms with Gasteiger partial charge in [-0.3, -0.25) is 4.79 Å². The summed E-state index contributed by atoms with van der Waals surface area (Å²) >= 11 is 5.53. The number of carbonyl (C=O) groups is 1. The minimum absolute atomic E-state index is 0.0473. The van der Waals surface area contributed by atoms with Crippen molar-refractivity contribution < 1.29 is 14.6 Å². The second kappa shape index (κ2) is 4.73. The first-order valence-electron chi connectivity index (χ1n) is 3.68. The van der Waals surface area contributed by atoms with Gasteiger partial charge in [-0.15, -0.1) is 0 Å². The lowest BCUT2D eigenvalue weighted by Gasteiger charge is -2.06. The third-order valence-electron chi connectivity index (χ3n) is 1.31. The first kappa shape index (κ1) is 10.7. The first-order valence-corrected chi connectivity index (χ1v) is 4.06. The van der Waals surface area contributed by atoms with Crippen LogP contribution in [0, 0.1) is 0 Å². The summed E-state index contributed by atoms with van der Waals surface area (Å²) < 4.78 is 4.90. The Morgan fingerprint density at radius 3 is 2.71 bits per heavy atom. The molecule has 1 heterocycles. The molecule has 1 unspecified atom stereocenters. The Bertz CT molecular complexity index is 316. The van der Waals surface area contributed by atoms with Gasteiger partial charge >= 0.3 is 12.0 Å². The Morgan fingerprint density at radius 1 is 1.64 bits per heavy atom. The summed E-state index contributed by atoms with van der Waals surface area (Å²) in [5, 5.41) is 8.81. The maximum absolute atomic E-state index is 10.3. The molecule has 6 nitrogen and oxygen atoms in total. The number of rotatable bonds is 4. The lowest BCUT2D eigenvalue weighted by atomic mass is 10.3. The Morgan fingerprint density at radius 2 is 2.21 bits per heavy atom. The van der Waals surface area contributed by atoms with Crippen molar-refractivity contribution >= 4 is 17.6 Å². The highest BCUT2D eigenvalue weighted by Gasteiger charge is 2.12. The van der Waals surface area contributed by atoms with E-state index in [1.54, 1.807) is 0 Å². The van der Waals surface area contributed by atoms with Crippen molar-refractivity contribution in [3.05, 3.63) is 17.4 Å².